The molecule has 0 aromatic heterocycles. The van der Waals surface area contributed by atoms with Crippen LogP contribution in [0.3, 0.4) is 0 Å². The van der Waals surface area contributed by atoms with E-state index in [1.54, 1.807) is 30.3 Å². The lowest BCUT2D eigenvalue weighted by atomic mass is 10.0. The smallest absolute Gasteiger partial charge is 0.251 e. The number of hydrogen-bond donors (Lipinski definition) is 1. The van der Waals surface area contributed by atoms with Crippen molar-refractivity contribution in [3.8, 4) is 11.1 Å². The first-order chi connectivity index (χ1) is 12.5. The van der Waals surface area contributed by atoms with Crippen LogP contribution in [-0.4, -0.2) is 11.7 Å². The molecule has 26 heavy (non-hydrogen) atoms. The summed E-state index contributed by atoms with van der Waals surface area (Å²) in [5.74, 6) is -0.644. The van der Waals surface area contributed by atoms with Crippen LogP contribution in [0.2, 0.25) is 0 Å². The van der Waals surface area contributed by atoms with Crippen molar-refractivity contribution < 1.29 is 14.0 Å². The third kappa shape index (κ3) is 2.69. The highest BCUT2D eigenvalue weighted by molar-refractivity contribution is 6.22. The zero-order valence-corrected chi connectivity index (χ0v) is 14.1. The Morgan fingerprint density at radius 3 is 2.27 bits per heavy atom. The first-order valence-corrected chi connectivity index (χ1v) is 8.39. The van der Waals surface area contributed by atoms with Crippen LogP contribution in [0.25, 0.3) is 11.1 Å². The summed E-state index contributed by atoms with van der Waals surface area (Å²) in [6.45, 7) is 1.83. The molecule has 1 amide bonds. The van der Waals surface area contributed by atoms with Crippen molar-refractivity contribution in [2.24, 2.45) is 0 Å². The lowest BCUT2D eigenvalue weighted by molar-refractivity contribution is 0.0940. The Balaban J connectivity index is 1.59. The predicted molar refractivity (Wildman–Crippen MR) is 97.6 cm³/mol. The van der Waals surface area contributed by atoms with Crippen LogP contribution >= 0.6 is 0 Å². The number of nitrogens with one attached hydrogen (secondary N) is 1. The molecular weight excluding hydrogens is 329 g/mol. The van der Waals surface area contributed by atoms with Crippen LogP contribution in [0.4, 0.5) is 4.39 Å². The maximum absolute atomic E-state index is 13.0. The number of fused-ring (bicyclic) bond motifs is 3. The molecular formula is C22H16FNO2. The number of amides is 1. The average Bonchev–Trinajstić information content (AvgIpc) is 2.94. The van der Waals surface area contributed by atoms with Gasteiger partial charge in [-0.2, -0.15) is 0 Å². The lowest BCUT2D eigenvalue weighted by Gasteiger charge is -2.15. The molecule has 1 aliphatic rings. The third-order valence-electron chi connectivity index (χ3n) is 4.71. The molecule has 1 aliphatic carbocycles. The summed E-state index contributed by atoms with van der Waals surface area (Å²) in [6, 6.07) is 18.4. The van der Waals surface area contributed by atoms with Gasteiger partial charge in [0.1, 0.15) is 5.82 Å². The topological polar surface area (TPSA) is 46.2 Å². The maximum Gasteiger partial charge on any atom is 0.251 e. The SMILES string of the molecule is CC(NC(=O)c1ccc2c(c1)C(=O)c1ccccc1-2)c1ccc(F)cc1. The Bertz CT molecular complexity index is 1020. The van der Waals surface area contributed by atoms with Crippen LogP contribution in [0.1, 0.15) is 44.8 Å². The van der Waals surface area contributed by atoms with Gasteiger partial charge >= 0.3 is 0 Å². The molecule has 0 bridgehead atoms. The van der Waals surface area contributed by atoms with Crippen molar-refractivity contribution in [3.05, 3.63) is 94.8 Å². The highest BCUT2D eigenvalue weighted by Gasteiger charge is 2.27. The quantitative estimate of drug-likeness (QED) is 0.593. The maximum atomic E-state index is 13.0. The Labute approximate surface area is 150 Å². The van der Waals surface area contributed by atoms with Crippen molar-refractivity contribution >= 4 is 11.7 Å². The zero-order valence-electron chi connectivity index (χ0n) is 14.1. The largest absolute Gasteiger partial charge is 0.346 e. The van der Waals surface area contributed by atoms with Gasteiger partial charge in [0.15, 0.2) is 5.78 Å². The Morgan fingerprint density at radius 1 is 0.885 bits per heavy atom. The minimum atomic E-state index is -0.316. The van der Waals surface area contributed by atoms with Gasteiger partial charge in [0.25, 0.3) is 5.91 Å². The second kappa shape index (κ2) is 6.23. The molecule has 0 heterocycles. The van der Waals surface area contributed by atoms with Crippen LogP contribution in [0.5, 0.6) is 0 Å². The first-order valence-electron chi connectivity index (χ1n) is 8.39. The van der Waals surface area contributed by atoms with Crippen LogP contribution in [0.15, 0.2) is 66.7 Å². The molecule has 4 rings (SSSR count). The van der Waals surface area contributed by atoms with Crippen molar-refractivity contribution in [1.82, 2.24) is 5.32 Å². The zero-order chi connectivity index (χ0) is 18.3. The summed E-state index contributed by atoms with van der Waals surface area (Å²) in [6.07, 6.45) is 0. The van der Waals surface area contributed by atoms with E-state index in [0.717, 1.165) is 16.7 Å². The molecule has 0 spiro atoms. The van der Waals surface area contributed by atoms with E-state index in [1.165, 1.54) is 12.1 Å². The van der Waals surface area contributed by atoms with E-state index >= 15 is 0 Å². The molecule has 4 heteroatoms. The Kier molecular flexibility index (Phi) is 3.88. The standard InChI is InChI=1S/C22H16FNO2/c1-13(14-6-9-16(23)10-7-14)24-22(26)15-8-11-18-17-4-2-3-5-19(17)21(25)20(18)12-15/h2-13H,1H3,(H,24,26). The van der Waals surface area contributed by atoms with Gasteiger partial charge in [-0.15, -0.1) is 0 Å². The van der Waals surface area contributed by atoms with Gasteiger partial charge in [-0.1, -0.05) is 42.5 Å². The molecule has 0 saturated heterocycles. The van der Waals surface area contributed by atoms with E-state index < -0.39 is 0 Å². The molecule has 1 unspecified atom stereocenters. The summed E-state index contributed by atoms with van der Waals surface area (Å²) < 4.78 is 13.0. The van der Waals surface area contributed by atoms with Gasteiger partial charge in [0, 0.05) is 16.7 Å². The fourth-order valence-electron chi connectivity index (χ4n) is 3.28. The van der Waals surface area contributed by atoms with Gasteiger partial charge in [0.05, 0.1) is 6.04 Å². The normalized spacial score (nSPS) is 13.1. The summed E-state index contributed by atoms with van der Waals surface area (Å²) in [5, 5.41) is 2.89. The number of ketones is 1. The van der Waals surface area contributed by atoms with Crippen molar-refractivity contribution in [2.45, 2.75) is 13.0 Å². The summed E-state index contributed by atoms with van der Waals surface area (Å²) >= 11 is 0. The number of carbonyl (C=O) groups excluding carboxylic acids is 2. The van der Waals surface area contributed by atoms with E-state index in [-0.39, 0.29) is 23.5 Å². The minimum Gasteiger partial charge on any atom is -0.346 e. The van der Waals surface area contributed by atoms with Crippen molar-refractivity contribution in [3.63, 3.8) is 0 Å². The Hall–Kier alpha value is -3.27. The average molecular weight is 345 g/mol. The number of hydrogen-bond acceptors (Lipinski definition) is 2. The fourth-order valence-corrected chi connectivity index (χ4v) is 3.28. The third-order valence-corrected chi connectivity index (χ3v) is 4.71. The van der Waals surface area contributed by atoms with E-state index in [9.17, 15) is 14.0 Å². The molecule has 1 N–H and O–H groups in total. The van der Waals surface area contributed by atoms with E-state index in [1.807, 2.05) is 31.2 Å². The molecule has 128 valence electrons. The molecule has 3 aromatic rings. The predicted octanol–water partition coefficient (Wildman–Crippen LogP) is 4.53. The summed E-state index contributed by atoms with van der Waals surface area (Å²) in [4.78, 5) is 25.1. The molecule has 3 aromatic carbocycles. The first kappa shape index (κ1) is 16.2. The van der Waals surface area contributed by atoms with Crippen molar-refractivity contribution in [2.75, 3.05) is 0 Å². The molecule has 0 fully saturated rings. The summed E-state index contributed by atoms with van der Waals surface area (Å²) in [7, 11) is 0. The second-order valence-electron chi connectivity index (χ2n) is 6.38. The van der Waals surface area contributed by atoms with Crippen molar-refractivity contribution in [1.29, 1.82) is 0 Å². The van der Waals surface area contributed by atoms with E-state index in [2.05, 4.69) is 5.32 Å². The molecule has 0 saturated carbocycles. The minimum absolute atomic E-state index is 0.0585. The molecule has 1 atom stereocenters. The van der Waals surface area contributed by atoms with Crippen LogP contribution in [0, 0.1) is 5.82 Å². The number of benzene rings is 3. The molecule has 0 radical (unpaired) electrons. The second-order valence-corrected chi connectivity index (χ2v) is 6.38. The number of rotatable bonds is 3. The number of halogens is 1. The van der Waals surface area contributed by atoms with Crippen LogP contribution in [-0.2, 0) is 0 Å². The van der Waals surface area contributed by atoms with Gasteiger partial charge in [-0.05, 0) is 47.9 Å². The monoisotopic (exact) mass is 345 g/mol. The highest BCUT2D eigenvalue weighted by Crippen LogP contribution is 2.36. The highest BCUT2D eigenvalue weighted by atomic mass is 19.1. The summed E-state index contributed by atoms with van der Waals surface area (Å²) in [5.41, 5.74) is 4.21. The van der Waals surface area contributed by atoms with Gasteiger partial charge in [-0.3, -0.25) is 9.59 Å². The van der Waals surface area contributed by atoms with Crippen LogP contribution < -0.4 is 5.32 Å². The van der Waals surface area contributed by atoms with E-state index in [0.29, 0.717) is 16.7 Å². The lowest BCUT2D eigenvalue weighted by Crippen LogP contribution is -2.26. The molecule has 0 aliphatic heterocycles. The number of carbonyl (C=O) groups is 2. The fraction of sp³-hybridized carbons (Fsp3) is 0.0909. The Morgan fingerprint density at radius 2 is 1.54 bits per heavy atom. The van der Waals surface area contributed by atoms with Gasteiger partial charge < -0.3 is 5.32 Å². The van der Waals surface area contributed by atoms with Gasteiger partial charge in [0.2, 0.25) is 0 Å². The van der Waals surface area contributed by atoms with E-state index in [4.69, 9.17) is 0 Å². The molecule has 3 nitrogen and oxygen atoms in total. The van der Waals surface area contributed by atoms with Gasteiger partial charge in [-0.25, -0.2) is 4.39 Å².